The molecule has 7 atom stereocenters. The number of rotatable bonds is 3. The maximum absolute atomic E-state index is 13.8. The second-order valence-electron chi connectivity index (χ2n) is 9.69. The van der Waals surface area contributed by atoms with Gasteiger partial charge in [0, 0.05) is 18.4 Å². The number of ether oxygens (including phenoxy) is 2. The van der Waals surface area contributed by atoms with Crippen LogP contribution in [0.4, 0.5) is 0 Å². The summed E-state index contributed by atoms with van der Waals surface area (Å²) < 4.78 is 16.0. The highest BCUT2D eigenvalue weighted by Gasteiger charge is 2.67. The molecule has 8 nitrogen and oxygen atoms in total. The third-order valence-corrected chi connectivity index (χ3v) is 7.93. The third kappa shape index (κ3) is 3.27. The molecule has 0 bridgehead atoms. The van der Waals surface area contributed by atoms with Crippen molar-refractivity contribution in [2.75, 3.05) is 7.11 Å². The maximum atomic E-state index is 13.8. The van der Waals surface area contributed by atoms with Crippen LogP contribution in [-0.4, -0.2) is 36.8 Å². The van der Waals surface area contributed by atoms with E-state index in [2.05, 4.69) is 5.32 Å². The van der Waals surface area contributed by atoms with Gasteiger partial charge in [-0.3, -0.25) is 19.2 Å². The zero-order valence-electron chi connectivity index (χ0n) is 18.3. The van der Waals surface area contributed by atoms with Crippen molar-refractivity contribution in [1.29, 1.82) is 0 Å². The molecule has 1 aromatic heterocycles. The van der Waals surface area contributed by atoms with Crippen LogP contribution in [-0.2, 0) is 28.7 Å². The number of hydrogen-bond acceptors (Lipinski definition) is 7. The van der Waals surface area contributed by atoms with Gasteiger partial charge in [-0.05, 0) is 42.6 Å². The molecule has 0 radical (unpaired) electrons. The van der Waals surface area contributed by atoms with Crippen LogP contribution in [0, 0.1) is 28.6 Å². The lowest BCUT2D eigenvalue weighted by Crippen LogP contribution is -2.66. The molecule has 0 aromatic carbocycles. The predicted molar refractivity (Wildman–Crippen MR) is 107 cm³/mol. The number of Topliss-reactive ketones (excluding diaryl/α,β-unsaturated/α-hetero) is 1. The second-order valence-corrected chi connectivity index (χ2v) is 9.69. The maximum Gasteiger partial charge on any atom is 0.310 e. The van der Waals surface area contributed by atoms with Crippen LogP contribution in [0.3, 0.4) is 0 Å². The van der Waals surface area contributed by atoms with E-state index in [9.17, 15) is 19.2 Å². The normalized spacial score (nSPS) is 39.7. The first kappa shape index (κ1) is 21.6. The van der Waals surface area contributed by atoms with Crippen molar-refractivity contribution in [3.05, 3.63) is 24.2 Å². The Kier molecular flexibility index (Phi) is 5.22. The molecule has 1 saturated heterocycles. The van der Waals surface area contributed by atoms with E-state index in [1.54, 1.807) is 12.3 Å². The molecular weight excluding hydrogens is 402 g/mol. The highest BCUT2D eigenvalue weighted by Crippen LogP contribution is 2.64. The molecule has 2 saturated carbocycles. The fraction of sp³-hybridized carbons (Fsp3) is 0.652. The molecule has 8 heteroatoms. The van der Waals surface area contributed by atoms with Gasteiger partial charge in [0.2, 0.25) is 5.91 Å². The number of nitrogens with one attached hydrogen (secondary N) is 1. The van der Waals surface area contributed by atoms with Gasteiger partial charge in [-0.1, -0.05) is 13.8 Å². The van der Waals surface area contributed by atoms with Crippen molar-refractivity contribution < 1.29 is 33.1 Å². The Labute approximate surface area is 181 Å². The van der Waals surface area contributed by atoms with Gasteiger partial charge < -0.3 is 19.2 Å². The fourth-order valence-corrected chi connectivity index (χ4v) is 6.57. The molecule has 1 amide bonds. The smallest absolute Gasteiger partial charge is 0.310 e. The molecular formula is C23H29NO7. The molecule has 1 aromatic rings. The van der Waals surface area contributed by atoms with Crippen molar-refractivity contribution in [1.82, 2.24) is 5.32 Å². The number of carbonyl (C=O) groups excluding carboxylic acids is 4. The van der Waals surface area contributed by atoms with Crippen molar-refractivity contribution in [2.24, 2.45) is 28.6 Å². The van der Waals surface area contributed by atoms with Gasteiger partial charge in [0.25, 0.3) is 0 Å². The van der Waals surface area contributed by atoms with Gasteiger partial charge in [0.1, 0.15) is 6.10 Å². The Bertz CT molecular complexity index is 909. The van der Waals surface area contributed by atoms with Crippen LogP contribution in [0.5, 0.6) is 0 Å². The minimum atomic E-state index is -0.791. The first-order valence-corrected chi connectivity index (χ1v) is 10.7. The Morgan fingerprint density at radius 3 is 2.58 bits per heavy atom. The Morgan fingerprint density at radius 2 is 1.97 bits per heavy atom. The van der Waals surface area contributed by atoms with E-state index in [0.717, 1.165) is 5.56 Å². The summed E-state index contributed by atoms with van der Waals surface area (Å²) in [6.07, 6.45) is 4.25. The topological polar surface area (TPSA) is 112 Å². The molecule has 3 aliphatic rings. The summed E-state index contributed by atoms with van der Waals surface area (Å²) in [6, 6.07) is 0.963. The van der Waals surface area contributed by atoms with Gasteiger partial charge in [0.05, 0.1) is 37.5 Å². The zero-order chi connectivity index (χ0) is 22.6. The van der Waals surface area contributed by atoms with E-state index in [1.165, 1.54) is 20.3 Å². The molecule has 2 aliphatic carbocycles. The van der Waals surface area contributed by atoms with Gasteiger partial charge in [-0.15, -0.1) is 0 Å². The number of carbonyl (C=O) groups is 4. The molecule has 31 heavy (non-hydrogen) atoms. The van der Waals surface area contributed by atoms with E-state index in [-0.39, 0.29) is 30.0 Å². The van der Waals surface area contributed by atoms with Crippen LogP contribution < -0.4 is 5.32 Å². The summed E-state index contributed by atoms with van der Waals surface area (Å²) in [7, 11) is 1.34. The molecule has 168 valence electrons. The Morgan fingerprint density at radius 1 is 1.23 bits per heavy atom. The van der Waals surface area contributed by atoms with Crippen molar-refractivity contribution in [3.63, 3.8) is 0 Å². The quantitative estimate of drug-likeness (QED) is 0.732. The molecule has 4 rings (SSSR count). The van der Waals surface area contributed by atoms with Gasteiger partial charge in [0.15, 0.2) is 5.78 Å². The highest BCUT2D eigenvalue weighted by molar-refractivity contribution is 5.95. The number of hydrogen-bond donors (Lipinski definition) is 1. The summed E-state index contributed by atoms with van der Waals surface area (Å²) in [5, 5.41) is 2.73. The first-order chi connectivity index (χ1) is 14.6. The summed E-state index contributed by atoms with van der Waals surface area (Å²) in [4.78, 5) is 51.4. The molecule has 2 heterocycles. The molecule has 1 N–H and O–H groups in total. The van der Waals surface area contributed by atoms with Crippen LogP contribution in [0.2, 0.25) is 0 Å². The lowest BCUT2D eigenvalue weighted by molar-refractivity contribution is -0.204. The monoisotopic (exact) mass is 431 g/mol. The molecule has 3 fully saturated rings. The number of methoxy groups -OCH3 is 1. The lowest BCUT2D eigenvalue weighted by atomic mass is 9.43. The zero-order valence-corrected chi connectivity index (χ0v) is 18.3. The minimum Gasteiger partial charge on any atom is -0.472 e. The van der Waals surface area contributed by atoms with Crippen LogP contribution >= 0.6 is 0 Å². The molecule has 1 unspecified atom stereocenters. The average molecular weight is 431 g/mol. The number of amides is 1. The standard InChI is InChI=1S/C23H29NO7/c1-12(25)24-16-9-15(20(27)29-4)22(2)7-5-14-21(28)31-17(13-6-8-30-11-13)10-23(14,3)19(22)18(16)26/h6,8,11,14-17,19H,5,7,9-10H2,1-4H3,(H,24,25)/t14-,15-,16+,17-,19?,22-,23-/m0/s1. The first-order valence-electron chi connectivity index (χ1n) is 10.7. The number of esters is 2. The number of ketones is 1. The van der Waals surface area contributed by atoms with Gasteiger partial charge >= 0.3 is 11.9 Å². The fourth-order valence-electron chi connectivity index (χ4n) is 6.57. The van der Waals surface area contributed by atoms with E-state index in [0.29, 0.717) is 19.3 Å². The Balaban J connectivity index is 1.80. The number of furan rings is 1. The summed E-state index contributed by atoms with van der Waals surface area (Å²) in [5.41, 5.74) is -0.667. The molecule has 1 aliphatic heterocycles. The van der Waals surface area contributed by atoms with Gasteiger partial charge in [-0.25, -0.2) is 0 Å². The van der Waals surface area contributed by atoms with Crippen LogP contribution in [0.15, 0.2) is 23.0 Å². The van der Waals surface area contributed by atoms with Crippen molar-refractivity contribution in [2.45, 2.75) is 58.6 Å². The second kappa shape index (κ2) is 7.50. The Hall–Kier alpha value is -2.64. The van der Waals surface area contributed by atoms with E-state index in [1.807, 2.05) is 13.8 Å². The summed E-state index contributed by atoms with van der Waals surface area (Å²) >= 11 is 0. The largest absolute Gasteiger partial charge is 0.472 e. The SMILES string of the molecule is COC(=O)[C@@H]1C[C@@H](NC(C)=O)C(=O)C2[C@@]1(C)CC[C@H]1C(=O)O[C@H](c3ccoc3)C[C@]21C. The highest BCUT2D eigenvalue weighted by atomic mass is 16.5. The minimum absolute atomic E-state index is 0.120. The van der Waals surface area contributed by atoms with E-state index >= 15 is 0 Å². The van der Waals surface area contributed by atoms with Crippen molar-refractivity contribution in [3.8, 4) is 0 Å². The van der Waals surface area contributed by atoms with E-state index < -0.39 is 40.7 Å². The lowest BCUT2D eigenvalue weighted by Gasteiger charge is -2.61. The predicted octanol–water partition coefficient (Wildman–Crippen LogP) is 2.57. The average Bonchev–Trinajstić information content (AvgIpc) is 3.23. The van der Waals surface area contributed by atoms with Crippen molar-refractivity contribution >= 4 is 23.6 Å². The number of fused-ring (bicyclic) bond motifs is 3. The molecule has 0 spiro atoms. The van der Waals surface area contributed by atoms with Crippen LogP contribution in [0.1, 0.15) is 58.1 Å². The van der Waals surface area contributed by atoms with E-state index in [4.69, 9.17) is 13.9 Å². The third-order valence-electron chi connectivity index (χ3n) is 7.93. The van der Waals surface area contributed by atoms with Gasteiger partial charge in [-0.2, -0.15) is 0 Å². The summed E-state index contributed by atoms with van der Waals surface area (Å²) in [6.45, 7) is 5.26. The summed E-state index contributed by atoms with van der Waals surface area (Å²) in [5.74, 6) is -2.77. The number of cyclic esters (lactones) is 1. The van der Waals surface area contributed by atoms with Crippen LogP contribution in [0.25, 0.3) is 0 Å².